The van der Waals surface area contributed by atoms with Gasteiger partial charge in [0.15, 0.2) is 0 Å². The summed E-state index contributed by atoms with van der Waals surface area (Å²) in [7, 11) is 0. The van der Waals surface area contributed by atoms with Crippen molar-refractivity contribution in [2.45, 2.75) is 52.0 Å². The summed E-state index contributed by atoms with van der Waals surface area (Å²) >= 11 is 0. The van der Waals surface area contributed by atoms with E-state index in [2.05, 4.69) is 63.0 Å². The Kier molecular flexibility index (Phi) is 6.74. The zero-order valence-electron chi connectivity index (χ0n) is 12.1. The molecule has 18 heavy (non-hydrogen) atoms. The highest BCUT2D eigenvalue weighted by molar-refractivity contribution is 5.20. The van der Waals surface area contributed by atoms with Gasteiger partial charge in [-0.15, -0.1) is 6.58 Å². The van der Waals surface area contributed by atoms with Crippen LogP contribution < -0.4 is 5.32 Å². The molecule has 1 rings (SSSR count). The Labute approximate surface area is 112 Å². The van der Waals surface area contributed by atoms with Crippen LogP contribution in [-0.4, -0.2) is 12.6 Å². The molecular weight excluding hydrogens is 218 g/mol. The lowest BCUT2D eigenvalue weighted by atomic mass is 9.89. The van der Waals surface area contributed by atoms with Gasteiger partial charge in [0.25, 0.3) is 0 Å². The first kappa shape index (κ1) is 15.0. The maximum Gasteiger partial charge on any atom is 0.0136 e. The van der Waals surface area contributed by atoms with Crippen LogP contribution in [0.1, 0.15) is 51.5 Å². The van der Waals surface area contributed by atoms with Crippen molar-refractivity contribution in [2.24, 2.45) is 0 Å². The molecule has 0 amide bonds. The fraction of sp³-hybridized carbons (Fsp3) is 0.529. The second-order valence-electron chi connectivity index (χ2n) is 5.26. The van der Waals surface area contributed by atoms with Crippen LogP contribution in [0.2, 0.25) is 0 Å². The van der Waals surface area contributed by atoms with Crippen LogP contribution in [0.3, 0.4) is 0 Å². The summed E-state index contributed by atoms with van der Waals surface area (Å²) in [6.07, 6.45) is 3.47. The van der Waals surface area contributed by atoms with Crippen LogP contribution in [0.5, 0.6) is 0 Å². The van der Waals surface area contributed by atoms with E-state index in [1.807, 2.05) is 0 Å². The van der Waals surface area contributed by atoms with E-state index in [1.165, 1.54) is 24.0 Å². The summed E-state index contributed by atoms with van der Waals surface area (Å²) in [5.74, 6) is 0.553. The molecule has 0 saturated heterocycles. The molecule has 1 N–H and O–H groups in total. The second-order valence-corrected chi connectivity index (χ2v) is 5.26. The third-order valence-electron chi connectivity index (χ3n) is 3.47. The first-order valence-corrected chi connectivity index (χ1v) is 7.07. The van der Waals surface area contributed by atoms with Gasteiger partial charge in [0.1, 0.15) is 0 Å². The molecule has 1 aromatic rings. The minimum Gasteiger partial charge on any atom is -0.313 e. The van der Waals surface area contributed by atoms with Gasteiger partial charge in [0.2, 0.25) is 0 Å². The van der Waals surface area contributed by atoms with Crippen molar-refractivity contribution in [1.29, 1.82) is 0 Å². The van der Waals surface area contributed by atoms with Gasteiger partial charge in [-0.3, -0.25) is 0 Å². The lowest BCUT2D eigenvalue weighted by molar-refractivity contribution is 0.424. The normalized spacial score (nSPS) is 14.2. The molecule has 0 aliphatic rings. The maximum atomic E-state index is 4.01. The zero-order valence-corrected chi connectivity index (χ0v) is 12.1. The van der Waals surface area contributed by atoms with E-state index in [0.717, 1.165) is 13.0 Å². The number of rotatable bonds is 8. The fourth-order valence-electron chi connectivity index (χ4n) is 2.25. The van der Waals surface area contributed by atoms with Crippen LogP contribution in [0.25, 0.3) is 0 Å². The summed E-state index contributed by atoms with van der Waals surface area (Å²) < 4.78 is 0. The average molecular weight is 245 g/mol. The third kappa shape index (κ3) is 5.05. The van der Waals surface area contributed by atoms with Crippen molar-refractivity contribution < 1.29 is 0 Å². The van der Waals surface area contributed by atoms with E-state index in [1.54, 1.807) is 0 Å². The number of hydrogen-bond acceptors (Lipinski definition) is 1. The van der Waals surface area contributed by atoms with Crippen LogP contribution in [0, 0.1) is 0 Å². The molecule has 0 fully saturated rings. The minimum absolute atomic E-state index is 0.545. The maximum absolute atomic E-state index is 4.01. The quantitative estimate of drug-likeness (QED) is 0.664. The topological polar surface area (TPSA) is 12.0 Å². The Morgan fingerprint density at radius 2 is 1.94 bits per heavy atom. The Morgan fingerprint density at radius 3 is 2.50 bits per heavy atom. The van der Waals surface area contributed by atoms with Crippen LogP contribution in [-0.2, 0) is 0 Å². The van der Waals surface area contributed by atoms with Gasteiger partial charge in [-0.25, -0.2) is 0 Å². The van der Waals surface area contributed by atoms with E-state index in [4.69, 9.17) is 0 Å². The van der Waals surface area contributed by atoms with Crippen LogP contribution >= 0.6 is 0 Å². The molecule has 1 heteroatoms. The number of nitrogens with one attached hydrogen (secondary N) is 1. The van der Waals surface area contributed by atoms with Gasteiger partial charge in [-0.2, -0.15) is 0 Å². The molecule has 0 aliphatic carbocycles. The van der Waals surface area contributed by atoms with E-state index in [9.17, 15) is 0 Å². The Bertz CT molecular complexity index is 342. The minimum atomic E-state index is 0.545. The average Bonchev–Trinajstić information content (AvgIpc) is 2.39. The summed E-state index contributed by atoms with van der Waals surface area (Å²) in [6.45, 7) is 11.8. The summed E-state index contributed by atoms with van der Waals surface area (Å²) in [5.41, 5.74) is 2.70. The second kappa shape index (κ2) is 8.10. The fourth-order valence-corrected chi connectivity index (χ4v) is 2.25. The van der Waals surface area contributed by atoms with Gasteiger partial charge in [0, 0.05) is 6.04 Å². The Morgan fingerprint density at radius 1 is 1.28 bits per heavy atom. The first-order valence-electron chi connectivity index (χ1n) is 7.07. The molecular formula is C17H27N. The van der Waals surface area contributed by atoms with Gasteiger partial charge in [-0.1, -0.05) is 49.8 Å². The standard InChI is InChI=1S/C17H27N/c1-5-13-18-17(12-11-14(2)3)15(4)16-9-7-6-8-10-16/h6-10,15,17-18H,2,5,11-13H2,1,3-4H3. The van der Waals surface area contributed by atoms with Crippen molar-refractivity contribution in [3.63, 3.8) is 0 Å². The van der Waals surface area contributed by atoms with Crippen molar-refractivity contribution in [2.75, 3.05) is 6.54 Å². The van der Waals surface area contributed by atoms with E-state index in [-0.39, 0.29) is 0 Å². The molecule has 0 radical (unpaired) electrons. The van der Waals surface area contributed by atoms with E-state index < -0.39 is 0 Å². The molecule has 100 valence electrons. The highest BCUT2D eigenvalue weighted by atomic mass is 14.9. The molecule has 2 atom stereocenters. The predicted molar refractivity (Wildman–Crippen MR) is 81.0 cm³/mol. The SMILES string of the molecule is C=C(C)CCC(NCCC)C(C)c1ccccc1. The molecule has 0 bridgehead atoms. The molecule has 2 unspecified atom stereocenters. The molecule has 0 saturated carbocycles. The predicted octanol–water partition coefficient (Wildman–Crippen LogP) is 4.51. The van der Waals surface area contributed by atoms with Gasteiger partial charge >= 0.3 is 0 Å². The highest BCUT2D eigenvalue weighted by Crippen LogP contribution is 2.23. The molecule has 1 nitrogen and oxygen atoms in total. The van der Waals surface area contributed by atoms with Crippen molar-refractivity contribution in [3.8, 4) is 0 Å². The number of allylic oxidation sites excluding steroid dienone is 1. The smallest absolute Gasteiger partial charge is 0.0136 e. The largest absolute Gasteiger partial charge is 0.313 e. The Hall–Kier alpha value is -1.08. The van der Waals surface area contributed by atoms with Gasteiger partial charge in [0.05, 0.1) is 0 Å². The van der Waals surface area contributed by atoms with E-state index >= 15 is 0 Å². The van der Waals surface area contributed by atoms with Gasteiger partial charge in [-0.05, 0) is 44.2 Å². The molecule has 0 aliphatic heterocycles. The summed E-state index contributed by atoms with van der Waals surface area (Å²) in [5, 5.41) is 3.68. The lowest BCUT2D eigenvalue weighted by Gasteiger charge is -2.26. The van der Waals surface area contributed by atoms with Gasteiger partial charge < -0.3 is 5.32 Å². The summed E-state index contributed by atoms with van der Waals surface area (Å²) in [6, 6.07) is 11.3. The molecule has 0 heterocycles. The first-order chi connectivity index (χ1) is 8.65. The van der Waals surface area contributed by atoms with Crippen molar-refractivity contribution >= 4 is 0 Å². The van der Waals surface area contributed by atoms with Crippen LogP contribution in [0.4, 0.5) is 0 Å². The van der Waals surface area contributed by atoms with Crippen LogP contribution in [0.15, 0.2) is 42.5 Å². The Balaban J connectivity index is 2.65. The lowest BCUT2D eigenvalue weighted by Crippen LogP contribution is -2.34. The number of benzene rings is 1. The van der Waals surface area contributed by atoms with Crippen molar-refractivity contribution in [3.05, 3.63) is 48.0 Å². The summed E-state index contributed by atoms with van der Waals surface area (Å²) in [4.78, 5) is 0. The number of hydrogen-bond donors (Lipinski definition) is 1. The third-order valence-corrected chi connectivity index (χ3v) is 3.47. The highest BCUT2D eigenvalue weighted by Gasteiger charge is 2.17. The van der Waals surface area contributed by atoms with Crippen molar-refractivity contribution in [1.82, 2.24) is 5.32 Å². The zero-order chi connectivity index (χ0) is 13.4. The molecule has 0 aromatic heterocycles. The molecule has 0 spiro atoms. The monoisotopic (exact) mass is 245 g/mol. The van der Waals surface area contributed by atoms with E-state index in [0.29, 0.717) is 12.0 Å². The molecule has 1 aromatic carbocycles.